The number of carboxylic acids is 1. The number of carbonyl (C=O) groups is 1. The first-order chi connectivity index (χ1) is 6.20. The molecule has 0 aliphatic rings. The summed E-state index contributed by atoms with van der Waals surface area (Å²) >= 11 is 0. The highest BCUT2D eigenvalue weighted by Gasteiger charge is 2.11. The Balaban J connectivity index is 2.86. The molecule has 0 fully saturated rings. The molecule has 0 saturated heterocycles. The Morgan fingerprint density at radius 1 is 1.46 bits per heavy atom. The lowest BCUT2D eigenvalue weighted by atomic mass is 10.1. The average Bonchev–Trinajstić information content (AvgIpc) is 2.49. The minimum Gasteiger partial charge on any atom is -0.478 e. The third-order valence-electron chi connectivity index (χ3n) is 1.97. The van der Waals surface area contributed by atoms with E-state index in [1.807, 2.05) is 0 Å². The molecule has 0 aliphatic heterocycles. The summed E-state index contributed by atoms with van der Waals surface area (Å²) in [7, 11) is 0. The number of hydrogen-bond acceptors (Lipinski definition) is 2. The number of aromatic nitrogens is 1. The number of fused-ring (bicyclic) bond motifs is 1. The van der Waals surface area contributed by atoms with Crippen molar-refractivity contribution in [1.82, 2.24) is 4.98 Å². The molecule has 2 rings (SSSR count). The van der Waals surface area contributed by atoms with Gasteiger partial charge in [0, 0.05) is 22.8 Å². The van der Waals surface area contributed by atoms with Crippen molar-refractivity contribution in [2.24, 2.45) is 0 Å². The van der Waals surface area contributed by atoms with Gasteiger partial charge >= 0.3 is 5.97 Å². The zero-order valence-corrected chi connectivity index (χ0v) is 6.74. The number of benzene rings is 1. The van der Waals surface area contributed by atoms with Crippen molar-refractivity contribution in [3.63, 3.8) is 0 Å². The smallest absolute Gasteiger partial charge is 0.337 e. The number of aromatic amines is 1. The zero-order valence-electron chi connectivity index (χ0n) is 6.74. The number of nitrogen functional groups attached to an aromatic ring is 1. The third-order valence-corrected chi connectivity index (χ3v) is 1.97. The second-order valence-electron chi connectivity index (χ2n) is 2.78. The van der Waals surface area contributed by atoms with Crippen molar-refractivity contribution in [3.05, 3.63) is 30.0 Å². The molecule has 0 radical (unpaired) electrons. The molecule has 2 aromatic rings. The highest BCUT2D eigenvalue weighted by molar-refractivity contribution is 6.08. The van der Waals surface area contributed by atoms with E-state index in [4.69, 9.17) is 10.8 Å². The van der Waals surface area contributed by atoms with E-state index in [9.17, 15) is 4.79 Å². The Labute approximate surface area is 74.0 Å². The lowest BCUT2D eigenvalue weighted by molar-refractivity contribution is 0.0699. The standard InChI is InChI=1S/C9H8N2O2/c10-6-2-1-3-7-8(6)5(4-11-7)9(12)13/h1-4,11H,10H2,(H,12,13). The molecule has 1 aromatic carbocycles. The molecule has 4 N–H and O–H groups in total. The number of aromatic carboxylic acids is 1. The van der Waals surface area contributed by atoms with Crippen molar-refractivity contribution < 1.29 is 9.90 Å². The summed E-state index contributed by atoms with van der Waals surface area (Å²) in [6.07, 6.45) is 1.45. The van der Waals surface area contributed by atoms with Crippen molar-refractivity contribution >= 4 is 22.6 Å². The molecule has 1 heterocycles. The third kappa shape index (κ3) is 1.03. The molecule has 66 valence electrons. The fraction of sp³-hybridized carbons (Fsp3) is 0. The molecule has 0 aliphatic carbocycles. The molecule has 0 bridgehead atoms. The number of nitrogens with one attached hydrogen (secondary N) is 1. The second-order valence-corrected chi connectivity index (χ2v) is 2.78. The van der Waals surface area contributed by atoms with Crippen LogP contribution >= 0.6 is 0 Å². The van der Waals surface area contributed by atoms with Gasteiger partial charge in [0.2, 0.25) is 0 Å². The van der Waals surface area contributed by atoms with Crippen molar-refractivity contribution in [2.45, 2.75) is 0 Å². The number of nitrogens with two attached hydrogens (primary N) is 1. The molecule has 4 nitrogen and oxygen atoms in total. The van der Waals surface area contributed by atoms with Crippen LogP contribution in [0.15, 0.2) is 24.4 Å². The van der Waals surface area contributed by atoms with E-state index >= 15 is 0 Å². The maximum Gasteiger partial charge on any atom is 0.337 e. The average molecular weight is 176 g/mol. The van der Waals surface area contributed by atoms with Gasteiger partial charge in [0.05, 0.1) is 5.56 Å². The maximum atomic E-state index is 10.8. The predicted molar refractivity (Wildman–Crippen MR) is 49.7 cm³/mol. The van der Waals surface area contributed by atoms with E-state index in [0.29, 0.717) is 11.1 Å². The largest absolute Gasteiger partial charge is 0.478 e. The Morgan fingerprint density at radius 3 is 2.92 bits per heavy atom. The van der Waals surface area contributed by atoms with Gasteiger partial charge in [-0.25, -0.2) is 4.79 Å². The minimum atomic E-state index is -0.968. The Hall–Kier alpha value is -1.97. The number of carboxylic acid groups (broad SMARTS) is 1. The van der Waals surface area contributed by atoms with Gasteiger partial charge in [-0.3, -0.25) is 0 Å². The molecule has 1 aromatic heterocycles. The van der Waals surface area contributed by atoms with Gasteiger partial charge in [0.25, 0.3) is 0 Å². The van der Waals surface area contributed by atoms with Crippen LogP contribution in [0.25, 0.3) is 10.9 Å². The van der Waals surface area contributed by atoms with Crippen LogP contribution in [0.3, 0.4) is 0 Å². The molecule has 0 saturated carbocycles. The number of H-pyrrole nitrogens is 1. The highest BCUT2D eigenvalue weighted by atomic mass is 16.4. The van der Waals surface area contributed by atoms with E-state index in [0.717, 1.165) is 5.52 Å². The van der Waals surface area contributed by atoms with Crippen LogP contribution < -0.4 is 5.73 Å². The number of anilines is 1. The molecule has 0 spiro atoms. The summed E-state index contributed by atoms with van der Waals surface area (Å²) in [4.78, 5) is 13.6. The van der Waals surface area contributed by atoms with Crippen molar-refractivity contribution in [2.75, 3.05) is 5.73 Å². The van der Waals surface area contributed by atoms with Crippen LogP contribution in [-0.2, 0) is 0 Å². The molecule has 0 atom stereocenters. The quantitative estimate of drug-likeness (QED) is 0.575. The summed E-state index contributed by atoms with van der Waals surface area (Å²) in [6, 6.07) is 5.25. The Morgan fingerprint density at radius 2 is 2.23 bits per heavy atom. The topological polar surface area (TPSA) is 79.1 Å². The zero-order chi connectivity index (χ0) is 9.42. The van der Waals surface area contributed by atoms with E-state index in [1.165, 1.54) is 6.20 Å². The highest BCUT2D eigenvalue weighted by Crippen LogP contribution is 2.23. The predicted octanol–water partition coefficient (Wildman–Crippen LogP) is 1.45. The molecule has 13 heavy (non-hydrogen) atoms. The summed E-state index contributed by atoms with van der Waals surface area (Å²) in [5.41, 5.74) is 7.10. The van der Waals surface area contributed by atoms with E-state index in [2.05, 4.69) is 4.98 Å². The van der Waals surface area contributed by atoms with Crippen molar-refractivity contribution in [3.8, 4) is 0 Å². The van der Waals surface area contributed by atoms with Crippen LogP contribution in [0.1, 0.15) is 10.4 Å². The van der Waals surface area contributed by atoms with E-state index < -0.39 is 5.97 Å². The summed E-state index contributed by atoms with van der Waals surface area (Å²) in [6.45, 7) is 0. The first kappa shape index (κ1) is 7.67. The monoisotopic (exact) mass is 176 g/mol. The van der Waals surface area contributed by atoms with Crippen LogP contribution in [0.4, 0.5) is 5.69 Å². The van der Waals surface area contributed by atoms with Crippen LogP contribution in [-0.4, -0.2) is 16.1 Å². The van der Waals surface area contributed by atoms with Gasteiger partial charge in [-0.1, -0.05) is 6.07 Å². The molecule has 4 heteroatoms. The molecule has 0 amide bonds. The van der Waals surface area contributed by atoms with Gasteiger partial charge in [-0.05, 0) is 12.1 Å². The summed E-state index contributed by atoms with van der Waals surface area (Å²) in [5, 5.41) is 9.40. The lowest BCUT2D eigenvalue weighted by Gasteiger charge is -1.96. The summed E-state index contributed by atoms with van der Waals surface area (Å²) < 4.78 is 0. The van der Waals surface area contributed by atoms with E-state index in [1.54, 1.807) is 18.2 Å². The Bertz CT molecular complexity index is 473. The fourth-order valence-electron chi connectivity index (χ4n) is 1.38. The number of hydrogen-bond donors (Lipinski definition) is 3. The van der Waals surface area contributed by atoms with E-state index in [-0.39, 0.29) is 5.56 Å². The van der Waals surface area contributed by atoms with Gasteiger partial charge in [-0.2, -0.15) is 0 Å². The van der Waals surface area contributed by atoms with Gasteiger partial charge in [0.15, 0.2) is 0 Å². The molecule has 0 unspecified atom stereocenters. The first-order valence-electron chi connectivity index (χ1n) is 3.79. The van der Waals surface area contributed by atoms with Crippen LogP contribution in [0.5, 0.6) is 0 Å². The van der Waals surface area contributed by atoms with Gasteiger partial charge < -0.3 is 15.8 Å². The fourth-order valence-corrected chi connectivity index (χ4v) is 1.38. The van der Waals surface area contributed by atoms with Gasteiger partial charge in [0.1, 0.15) is 0 Å². The number of rotatable bonds is 1. The summed E-state index contributed by atoms with van der Waals surface area (Å²) in [5.74, 6) is -0.968. The normalized spacial score (nSPS) is 10.5. The molecular weight excluding hydrogens is 168 g/mol. The SMILES string of the molecule is Nc1cccc2[nH]cc(C(=O)O)c12. The van der Waals surface area contributed by atoms with Crippen LogP contribution in [0, 0.1) is 0 Å². The van der Waals surface area contributed by atoms with Gasteiger partial charge in [-0.15, -0.1) is 0 Å². The van der Waals surface area contributed by atoms with Crippen LogP contribution in [0.2, 0.25) is 0 Å². The first-order valence-corrected chi connectivity index (χ1v) is 3.79. The maximum absolute atomic E-state index is 10.8. The van der Waals surface area contributed by atoms with Crippen molar-refractivity contribution in [1.29, 1.82) is 0 Å². The second kappa shape index (κ2) is 2.52. The molecular formula is C9H8N2O2. The lowest BCUT2D eigenvalue weighted by Crippen LogP contribution is -1.96. The minimum absolute atomic E-state index is 0.216. The Kier molecular flexibility index (Phi) is 1.48.